The molecule has 56 valence electrons. The first kappa shape index (κ1) is 7.05. The average molecular weight is 141 g/mol. The molecule has 0 aromatic carbocycles. The molecule has 0 atom stereocenters. The zero-order valence-corrected chi connectivity index (χ0v) is 6.20. The molecule has 0 amide bonds. The molecule has 1 aromatic heterocycles. The van der Waals surface area contributed by atoms with Crippen molar-refractivity contribution in [3.63, 3.8) is 0 Å². The normalized spacial score (nSPS) is 10.2. The summed E-state index contributed by atoms with van der Waals surface area (Å²) in [5, 5.41) is 12.8. The van der Waals surface area contributed by atoms with Gasteiger partial charge in [-0.15, -0.1) is 5.10 Å². The van der Waals surface area contributed by atoms with E-state index >= 15 is 0 Å². The van der Waals surface area contributed by atoms with Crippen LogP contribution in [0.1, 0.15) is 25.5 Å². The highest BCUT2D eigenvalue weighted by molar-refractivity contribution is 4.90. The Labute approximate surface area is 59.5 Å². The molecule has 0 aliphatic heterocycles. The van der Waals surface area contributed by atoms with E-state index in [2.05, 4.69) is 10.1 Å². The summed E-state index contributed by atoms with van der Waals surface area (Å²) in [4.78, 5) is 4.89. The lowest BCUT2D eigenvalue weighted by atomic mass is 10.4. The molecule has 0 saturated heterocycles. The minimum absolute atomic E-state index is 0.622. The second-order valence-corrected chi connectivity index (χ2v) is 2.04. The topological polar surface area (TPSA) is 50.9 Å². The molecule has 0 radical (unpaired) electrons. The van der Waals surface area contributed by atoms with Gasteiger partial charge < -0.3 is 5.21 Å². The van der Waals surface area contributed by atoms with Gasteiger partial charge in [0.1, 0.15) is 0 Å². The summed E-state index contributed by atoms with van der Waals surface area (Å²) >= 11 is 0. The van der Waals surface area contributed by atoms with Crippen LogP contribution in [-0.2, 0) is 12.8 Å². The van der Waals surface area contributed by atoms with Crippen LogP contribution in [-0.4, -0.2) is 20.1 Å². The first-order chi connectivity index (χ1) is 4.77. The molecule has 4 heteroatoms. The van der Waals surface area contributed by atoms with Gasteiger partial charge in [0, 0.05) is 12.8 Å². The van der Waals surface area contributed by atoms with Crippen molar-refractivity contribution in [1.29, 1.82) is 0 Å². The second-order valence-electron chi connectivity index (χ2n) is 2.04. The molecule has 1 N–H and O–H groups in total. The fourth-order valence-electron chi connectivity index (χ4n) is 0.753. The van der Waals surface area contributed by atoms with Gasteiger partial charge >= 0.3 is 0 Å². The molecular formula is C6H11N3O. The van der Waals surface area contributed by atoms with Crippen LogP contribution in [0.15, 0.2) is 0 Å². The maximum Gasteiger partial charge on any atom is 0.167 e. The van der Waals surface area contributed by atoms with E-state index in [9.17, 15) is 0 Å². The number of aryl methyl sites for hydroxylation is 2. The van der Waals surface area contributed by atoms with Gasteiger partial charge in [0.25, 0.3) is 0 Å². The van der Waals surface area contributed by atoms with E-state index in [0.717, 1.165) is 11.3 Å². The third kappa shape index (κ3) is 1.10. The van der Waals surface area contributed by atoms with E-state index in [4.69, 9.17) is 5.21 Å². The summed E-state index contributed by atoms with van der Waals surface area (Å²) in [6.07, 6.45) is 1.48. The monoisotopic (exact) mass is 141 g/mol. The lowest BCUT2D eigenvalue weighted by molar-refractivity contribution is 0.138. The van der Waals surface area contributed by atoms with Crippen LogP contribution in [0.2, 0.25) is 0 Å². The minimum atomic E-state index is 0.622. The summed E-state index contributed by atoms with van der Waals surface area (Å²) in [5.41, 5.74) is 0. The zero-order valence-electron chi connectivity index (χ0n) is 6.20. The molecule has 4 nitrogen and oxygen atoms in total. The molecule has 10 heavy (non-hydrogen) atoms. The predicted octanol–water partition coefficient (Wildman–Crippen LogP) is 0.640. The van der Waals surface area contributed by atoms with Crippen LogP contribution in [0.25, 0.3) is 0 Å². The molecule has 0 aliphatic carbocycles. The van der Waals surface area contributed by atoms with E-state index in [1.54, 1.807) is 0 Å². The predicted molar refractivity (Wildman–Crippen MR) is 36.0 cm³/mol. The summed E-state index contributed by atoms with van der Waals surface area (Å²) in [7, 11) is 0. The third-order valence-corrected chi connectivity index (χ3v) is 1.33. The van der Waals surface area contributed by atoms with Gasteiger partial charge in [-0.25, -0.2) is 4.98 Å². The lowest BCUT2D eigenvalue weighted by Gasteiger charge is -1.88. The molecule has 0 unspecified atom stereocenters. The van der Waals surface area contributed by atoms with Crippen molar-refractivity contribution in [2.45, 2.75) is 26.7 Å². The van der Waals surface area contributed by atoms with Gasteiger partial charge in [0.15, 0.2) is 11.6 Å². The standard InChI is InChI=1S/C6H11N3O/c1-3-5-7-6(4-2)9(10)8-5/h10H,3-4H2,1-2H3. The molecule has 0 aliphatic rings. The van der Waals surface area contributed by atoms with Crippen LogP contribution in [0.4, 0.5) is 0 Å². The van der Waals surface area contributed by atoms with Crippen molar-refractivity contribution in [2.75, 3.05) is 0 Å². The molecule has 0 bridgehead atoms. The summed E-state index contributed by atoms with van der Waals surface area (Å²) in [6.45, 7) is 3.88. The van der Waals surface area contributed by atoms with Gasteiger partial charge in [0.2, 0.25) is 0 Å². The zero-order chi connectivity index (χ0) is 7.56. The summed E-state index contributed by atoms with van der Waals surface area (Å²) < 4.78 is 0. The Balaban J connectivity index is 2.92. The molecule has 0 fully saturated rings. The maximum absolute atomic E-state index is 9.01. The van der Waals surface area contributed by atoms with Crippen molar-refractivity contribution in [3.8, 4) is 0 Å². The van der Waals surface area contributed by atoms with E-state index < -0.39 is 0 Å². The first-order valence-corrected chi connectivity index (χ1v) is 3.42. The number of rotatable bonds is 2. The Hall–Kier alpha value is -1.06. The highest BCUT2D eigenvalue weighted by Gasteiger charge is 2.03. The highest BCUT2D eigenvalue weighted by atomic mass is 16.5. The molecular weight excluding hydrogens is 130 g/mol. The first-order valence-electron chi connectivity index (χ1n) is 3.42. The smallest absolute Gasteiger partial charge is 0.167 e. The number of nitrogens with zero attached hydrogens (tertiary/aromatic N) is 3. The molecule has 1 rings (SSSR count). The van der Waals surface area contributed by atoms with Crippen molar-refractivity contribution in [1.82, 2.24) is 14.9 Å². The van der Waals surface area contributed by atoms with Gasteiger partial charge in [-0.2, -0.15) is 0 Å². The largest absolute Gasteiger partial charge is 0.410 e. The van der Waals surface area contributed by atoms with Crippen molar-refractivity contribution in [2.24, 2.45) is 0 Å². The van der Waals surface area contributed by atoms with Crippen LogP contribution in [0.3, 0.4) is 0 Å². The van der Waals surface area contributed by atoms with Crippen LogP contribution in [0, 0.1) is 0 Å². The van der Waals surface area contributed by atoms with Gasteiger partial charge in [0.05, 0.1) is 0 Å². The Morgan fingerprint density at radius 2 is 2.10 bits per heavy atom. The molecule has 1 aromatic rings. The average Bonchev–Trinajstić information content (AvgIpc) is 2.30. The fourth-order valence-corrected chi connectivity index (χ4v) is 0.753. The van der Waals surface area contributed by atoms with E-state index in [-0.39, 0.29) is 0 Å². The van der Waals surface area contributed by atoms with E-state index in [1.165, 1.54) is 0 Å². The van der Waals surface area contributed by atoms with E-state index in [1.807, 2.05) is 13.8 Å². The van der Waals surface area contributed by atoms with Crippen LogP contribution >= 0.6 is 0 Å². The number of hydrogen-bond acceptors (Lipinski definition) is 3. The maximum atomic E-state index is 9.01. The SMILES string of the molecule is CCc1nc(CC)n(O)n1. The van der Waals surface area contributed by atoms with Crippen LogP contribution < -0.4 is 0 Å². The second kappa shape index (κ2) is 2.68. The Bertz CT molecular complexity index is 219. The quantitative estimate of drug-likeness (QED) is 0.615. The molecule has 0 spiro atoms. The third-order valence-electron chi connectivity index (χ3n) is 1.33. The number of aromatic nitrogens is 3. The molecule has 0 saturated carbocycles. The number of hydrogen-bond donors (Lipinski definition) is 1. The molecule has 1 heterocycles. The highest BCUT2D eigenvalue weighted by Crippen LogP contribution is 1.96. The van der Waals surface area contributed by atoms with Gasteiger partial charge in [-0.05, 0) is 0 Å². The van der Waals surface area contributed by atoms with E-state index in [0.29, 0.717) is 18.1 Å². The van der Waals surface area contributed by atoms with Crippen LogP contribution in [0.5, 0.6) is 0 Å². The van der Waals surface area contributed by atoms with Crippen molar-refractivity contribution < 1.29 is 5.21 Å². The minimum Gasteiger partial charge on any atom is -0.410 e. The summed E-state index contributed by atoms with van der Waals surface area (Å²) in [5.74, 6) is 1.32. The fraction of sp³-hybridized carbons (Fsp3) is 0.667. The van der Waals surface area contributed by atoms with Gasteiger partial charge in [-0.3, -0.25) is 0 Å². The van der Waals surface area contributed by atoms with Crippen molar-refractivity contribution in [3.05, 3.63) is 11.6 Å². The Morgan fingerprint density at radius 1 is 1.40 bits per heavy atom. The van der Waals surface area contributed by atoms with Crippen molar-refractivity contribution >= 4 is 0 Å². The lowest BCUT2D eigenvalue weighted by Crippen LogP contribution is -1.98. The Kier molecular flexibility index (Phi) is 1.89. The summed E-state index contributed by atoms with van der Waals surface area (Å²) in [6, 6.07) is 0. The van der Waals surface area contributed by atoms with Gasteiger partial charge in [-0.1, -0.05) is 18.7 Å². The Morgan fingerprint density at radius 3 is 2.40 bits per heavy atom.